The van der Waals surface area contributed by atoms with Gasteiger partial charge in [0.15, 0.2) is 5.78 Å². The molecule has 1 aromatic heterocycles. The summed E-state index contributed by atoms with van der Waals surface area (Å²) >= 11 is 0. The third-order valence-corrected chi connectivity index (χ3v) is 4.93. The SMILES string of the molecule is CC(=O)c1cccc2c1OB(O)[C@@H](NC(=O)Cc1cnc3c(c1)CNC3)C2. The van der Waals surface area contributed by atoms with Crippen molar-refractivity contribution in [3.8, 4) is 5.75 Å². The lowest BCUT2D eigenvalue weighted by Gasteiger charge is -2.29. The zero-order valence-electron chi connectivity index (χ0n) is 15.0. The fourth-order valence-electron chi connectivity index (χ4n) is 3.58. The third kappa shape index (κ3) is 3.58. The molecule has 2 aliphatic heterocycles. The molecule has 2 aliphatic rings. The molecule has 0 spiro atoms. The minimum Gasteiger partial charge on any atom is -0.534 e. The molecule has 1 aromatic carbocycles. The largest absolute Gasteiger partial charge is 0.547 e. The number of nitrogens with one attached hydrogen (secondary N) is 2. The van der Waals surface area contributed by atoms with E-state index >= 15 is 0 Å². The highest BCUT2D eigenvalue weighted by molar-refractivity contribution is 6.47. The highest BCUT2D eigenvalue weighted by atomic mass is 16.5. The van der Waals surface area contributed by atoms with Crippen LogP contribution in [0.2, 0.25) is 0 Å². The van der Waals surface area contributed by atoms with E-state index in [0.29, 0.717) is 17.7 Å². The zero-order valence-corrected chi connectivity index (χ0v) is 15.0. The number of rotatable bonds is 4. The molecule has 2 aromatic rings. The van der Waals surface area contributed by atoms with Crippen LogP contribution in [0.5, 0.6) is 5.75 Å². The number of carbonyl (C=O) groups is 2. The molecular weight excluding hydrogens is 345 g/mol. The molecule has 0 unspecified atom stereocenters. The van der Waals surface area contributed by atoms with Crippen LogP contribution in [0.25, 0.3) is 0 Å². The number of aromatic nitrogens is 1. The first-order chi connectivity index (χ1) is 13.0. The predicted octanol–water partition coefficient (Wildman–Crippen LogP) is 0.569. The average Bonchev–Trinajstić information content (AvgIpc) is 3.09. The molecule has 27 heavy (non-hydrogen) atoms. The monoisotopic (exact) mass is 365 g/mol. The molecule has 8 heteroatoms. The summed E-state index contributed by atoms with van der Waals surface area (Å²) in [6, 6.07) is 7.27. The summed E-state index contributed by atoms with van der Waals surface area (Å²) in [5.74, 6) is -0.503. The number of fused-ring (bicyclic) bond motifs is 2. The minimum absolute atomic E-state index is 0.125. The second-order valence-electron chi connectivity index (χ2n) is 6.97. The van der Waals surface area contributed by atoms with Gasteiger partial charge in [0.2, 0.25) is 5.91 Å². The topological polar surface area (TPSA) is 101 Å². The lowest BCUT2D eigenvalue weighted by atomic mass is 9.72. The fraction of sp³-hybridized carbons (Fsp3) is 0.316. The van der Waals surface area contributed by atoms with Crippen molar-refractivity contribution in [2.45, 2.75) is 38.8 Å². The molecule has 0 bridgehead atoms. The average molecular weight is 365 g/mol. The molecule has 138 valence electrons. The van der Waals surface area contributed by atoms with E-state index in [1.54, 1.807) is 18.3 Å². The van der Waals surface area contributed by atoms with Gasteiger partial charge in [0.25, 0.3) is 0 Å². The Kier molecular flexibility index (Phi) is 4.67. The van der Waals surface area contributed by atoms with E-state index in [1.807, 2.05) is 12.1 Å². The Morgan fingerprint density at radius 2 is 2.22 bits per heavy atom. The Bertz CT molecular complexity index is 918. The Labute approximate surface area is 157 Å². The number of benzene rings is 1. The summed E-state index contributed by atoms with van der Waals surface area (Å²) in [5.41, 5.74) is 4.21. The van der Waals surface area contributed by atoms with Gasteiger partial charge in [0, 0.05) is 19.3 Å². The summed E-state index contributed by atoms with van der Waals surface area (Å²) < 4.78 is 5.55. The lowest BCUT2D eigenvalue weighted by molar-refractivity contribution is -0.120. The first kappa shape index (κ1) is 17.7. The lowest BCUT2D eigenvalue weighted by Crippen LogP contribution is -2.53. The maximum absolute atomic E-state index is 12.4. The van der Waals surface area contributed by atoms with Gasteiger partial charge in [0.05, 0.1) is 23.6 Å². The van der Waals surface area contributed by atoms with Crippen LogP contribution in [0.3, 0.4) is 0 Å². The molecule has 0 fully saturated rings. The van der Waals surface area contributed by atoms with Crippen LogP contribution in [0.1, 0.15) is 39.7 Å². The minimum atomic E-state index is -1.20. The Hall–Kier alpha value is -2.71. The number of amides is 1. The van der Waals surface area contributed by atoms with Crippen LogP contribution < -0.4 is 15.3 Å². The van der Waals surface area contributed by atoms with Gasteiger partial charge in [-0.3, -0.25) is 14.6 Å². The second kappa shape index (κ2) is 7.13. The summed E-state index contributed by atoms with van der Waals surface area (Å²) in [4.78, 5) is 28.5. The standard InChI is InChI=1S/C19H20BN3O4/c1-11(24)15-4-2-3-13-7-17(20(26)27-19(13)15)23-18(25)6-12-5-14-9-21-10-16(14)22-8-12/h2-5,8,17,21,26H,6-7,9-10H2,1H3,(H,23,25)/t17-/m0/s1. The van der Waals surface area contributed by atoms with Gasteiger partial charge in [-0.1, -0.05) is 18.2 Å². The first-order valence-electron chi connectivity index (χ1n) is 8.95. The normalized spacial score (nSPS) is 17.7. The third-order valence-electron chi connectivity index (χ3n) is 4.93. The van der Waals surface area contributed by atoms with E-state index in [2.05, 4.69) is 15.6 Å². The molecule has 7 nitrogen and oxygen atoms in total. The van der Waals surface area contributed by atoms with E-state index in [9.17, 15) is 14.6 Å². The number of carbonyl (C=O) groups excluding carboxylic acids is 2. The van der Waals surface area contributed by atoms with Gasteiger partial charge in [-0.2, -0.15) is 0 Å². The van der Waals surface area contributed by atoms with E-state index < -0.39 is 13.1 Å². The molecule has 0 saturated heterocycles. The number of para-hydroxylation sites is 1. The summed E-state index contributed by atoms with van der Waals surface area (Å²) in [7, 11) is -1.20. The van der Waals surface area contributed by atoms with Gasteiger partial charge in [-0.15, -0.1) is 0 Å². The number of hydrogen-bond donors (Lipinski definition) is 3. The number of hydrogen-bond acceptors (Lipinski definition) is 6. The highest BCUT2D eigenvalue weighted by Gasteiger charge is 2.37. The molecule has 1 amide bonds. The molecule has 0 saturated carbocycles. The van der Waals surface area contributed by atoms with Gasteiger partial charge in [-0.25, -0.2) is 0 Å². The zero-order chi connectivity index (χ0) is 19.0. The van der Waals surface area contributed by atoms with Crippen LogP contribution in [0.15, 0.2) is 30.5 Å². The van der Waals surface area contributed by atoms with Crippen molar-refractivity contribution in [3.05, 3.63) is 58.4 Å². The van der Waals surface area contributed by atoms with Gasteiger partial charge in [-0.05, 0) is 36.1 Å². The Balaban J connectivity index is 1.44. The summed E-state index contributed by atoms with van der Waals surface area (Å²) in [5, 5.41) is 16.4. The van der Waals surface area contributed by atoms with Gasteiger partial charge in [0.1, 0.15) is 5.75 Å². The van der Waals surface area contributed by atoms with Crippen LogP contribution >= 0.6 is 0 Å². The van der Waals surface area contributed by atoms with E-state index in [0.717, 1.165) is 35.5 Å². The predicted molar refractivity (Wildman–Crippen MR) is 99.2 cm³/mol. The number of ketones is 1. The van der Waals surface area contributed by atoms with E-state index in [1.165, 1.54) is 6.92 Å². The van der Waals surface area contributed by atoms with Crippen molar-refractivity contribution in [2.24, 2.45) is 0 Å². The van der Waals surface area contributed by atoms with Crippen molar-refractivity contribution < 1.29 is 19.3 Å². The Morgan fingerprint density at radius 3 is 3.04 bits per heavy atom. The van der Waals surface area contributed by atoms with Crippen molar-refractivity contribution >= 4 is 18.8 Å². The summed E-state index contributed by atoms with van der Waals surface area (Å²) in [6.07, 6.45) is 2.30. The van der Waals surface area contributed by atoms with Crippen molar-refractivity contribution in [1.82, 2.24) is 15.6 Å². The first-order valence-corrected chi connectivity index (χ1v) is 8.95. The van der Waals surface area contributed by atoms with Crippen LogP contribution in [-0.2, 0) is 30.7 Å². The van der Waals surface area contributed by atoms with Crippen molar-refractivity contribution in [2.75, 3.05) is 0 Å². The maximum atomic E-state index is 12.4. The molecule has 3 N–H and O–H groups in total. The molecular formula is C19H20BN3O4. The summed E-state index contributed by atoms with van der Waals surface area (Å²) in [6.45, 7) is 2.98. The number of Topliss-reactive ketones (excluding diaryl/α,β-unsaturated/α-hetero) is 1. The number of nitrogens with zero attached hydrogens (tertiary/aromatic N) is 1. The van der Waals surface area contributed by atoms with Crippen LogP contribution in [0, 0.1) is 0 Å². The molecule has 1 atom stereocenters. The van der Waals surface area contributed by atoms with E-state index in [-0.39, 0.29) is 18.1 Å². The van der Waals surface area contributed by atoms with E-state index in [4.69, 9.17) is 4.65 Å². The fourth-order valence-corrected chi connectivity index (χ4v) is 3.58. The van der Waals surface area contributed by atoms with Gasteiger partial charge >= 0.3 is 7.12 Å². The van der Waals surface area contributed by atoms with Crippen molar-refractivity contribution in [1.29, 1.82) is 0 Å². The molecule has 4 rings (SSSR count). The number of pyridine rings is 1. The quantitative estimate of drug-likeness (QED) is 0.541. The second-order valence-corrected chi connectivity index (χ2v) is 6.97. The molecule has 3 heterocycles. The Morgan fingerprint density at radius 1 is 1.37 bits per heavy atom. The molecule has 0 radical (unpaired) electrons. The smallest absolute Gasteiger partial charge is 0.534 e. The molecule has 0 aliphatic carbocycles. The van der Waals surface area contributed by atoms with Crippen LogP contribution in [-0.4, -0.2) is 34.8 Å². The maximum Gasteiger partial charge on any atom is 0.547 e. The van der Waals surface area contributed by atoms with Gasteiger partial charge < -0.3 is 20.3 Å². The van der Waals surface area contributed by atoms with Crippen LogP contribution in [0.4, 0.5) is 0 Å². The van der Waals surface area contributed by atoms with Crippen molar-refractivity contribution in [3.63, 3.8) is 0 Å². The highest BCUT2D eigenvalue weighted by Crippen LogP contribution is 2.30.